The fraction of sp³-hybridized carbons (Fsp3) is 0.250. The number of nitrogens with one attached hydrogen (secondary N) is 1. The fourth-order valence-corrected chi connectivity index (χ4v) is 3.57. The molecule has 0 saturated heterocycles. The summed E-state index contributed by atoms with van der Waals surface area (Å²) in [6.45, 7) is 2.99. The molecule has 1 aromatic carbocycles. The molecule has 8 heteroatoms. The van der Waals surface area contributed by atoms with Gasteiger partial charge >= 0.3 is 0 Å². The van der Waals surface area contributed by atoms with Crippen LogP contribution < -0.4 is 5.32 Å². The molecule has 0 radical (unpaired) electrons. The van der Waals surface area contributed by atoms with Gasteiger partial charge in [-0.3, -0.25) is 4.79 Å². The van der Waals surface area contributed by atoms with Gasteiger partial charge < -0.3 is 5.32 Å². The van der Waals surface area contributed by atoms with Crippen molar-refractivity contribution >= 4 is 29.0 Å². The third-order valence-electron chi connectivity index (χ3n) is 3.35. The van der Waals surface area contributed by atoms with Crippen molar-refractivity contribution in [2.24, 2.45) is 0 Å². The lowest BCUT2D eigenvalue weighted by Gasteiger charge is -2.11. The van der Waals surface area contributed by atoms with E-state index in [1.807, 2.05) is 54.8 Å². The molecule has 0 aliphatic carbocycles. The topological polar surface area (TPSA) is 72.7 Å². The molecule has 1 amide bonds. The highest BCUT2D eigenvalue weighted by molar-refractivity contribution is 8.00. The Morgan fingerprint density at radius 1 is 1.29 bits per heavy atom. The monoisotopic (exact) mass is 359 g/mol. The van der Waals surface area contributed by atoms with Gasteiger partial charge in [-0.1, -0.05) is 48.2 Å². The van der Waals surface area contributed by atoms with E-state index in [0.29, 0.717) is 18.2 Å². The van der Waals surface area contributed by atoms with Gasteiger partial charge in [-0.05, 0) is 34.4 Å². The van der Waals surface area contributed by atoms with Crippen molar-refractivity contribution in [2.75, 3.05) is 0 Å². The zero-order chi connectivity index (χ0) is 16.8. The van der Waals surface area contributed by atoms with E-state index in [-0.39, 0.29) is 11.2 Å². The van der Waals surface area contributed by atoms with Crippen LogP contribution in [-0.4, -0.2) is 31.4 Å². The normalized spacial score (nSPS) is 12.0. The minimum absolute atomic E-state index is 0.0328. The van der Waals surface area contributed by atoms with E-state index < -0.39 is 0 Å². The van der Waals surface area contributed by atoms with Crippen LogP contribution in [0.3, 0.4) is 0 Å². The molecule has 0 saturated carbocycles. The molecule has 0 aliphatic heterocycles. The predicted octanol–water partition coefficient (Wildman–Crippen LogP) is 2.58. The fourth-order valence-electron chi connectivity index (χ4n) is 2.07. The summed E-state index contributed by atoms with van der Waals surface area (Å²) in [6.07, 6.45) is 0. The number of thioether (sulfide) groups is 1. The number of carbonyl (C=O) groups is 1. The van der Waals surface area contributed by atoms with Crippen molar-refractivity contribution in [1.29, 1.82) is 0 Å². The second-order valence-corrected chi connectivity index (χ2v) is 7.50. The number of tetrazole rings is 1. The number of carbonyl (C=O) groups excluding carboxylic acids is 1. The van der Waals surface area contributed by atoms with Crippen molar-refractivity contribution in [3.05, 3.63) is 58.3 Å². The summed E-state index contributed by atoms with van der Waals surface area (Å²) in [5.41, 5.74) is 1.07. The van der Waals surface area contributed by atoms with Gasteiger partial charge in [0, 0.05) is 11.4 Å². The summed E-state index contributed by atoms with van der Waals surface area (Å²) in [5.74, 6) is -0.0328. The Morgan fingerprint density at radius 2 is 2.12 bits per heavy atom. The van der Waals surface area contributed by atoms with Crippen molar-refractivity contribution in [2.45, 2.75) is 30.4 Å². The molecule has 0 unspecified atom stereocenters. The molecular formula is C16H17N5OS2. The zero-order valence-electron chi connectivity index (χ0n) is 13.1. The molecule has 24 heavy (non-hydrogen) atoms. The second-order valence-electron chi connectivity index (χ2n) is 5.16. The molecule has 3 aromatic rings. The number of nitrogens with zero attached hydrogens (tertiary/aromatic N) is 4. The molecule has 0 bridgehead atoms. The minimum Gasteiger partial charge on any atom is -0.351 e. The van der Waals surface area contributed by atoms with Crippen molar-refractivity contribution in [3.8, 4) is 0 Å². The predicted molar refractivity (Wildman–Crippen MR) is 94.8 cm³/mol. The molecule has 6 nitrogen and oxygen atoms in total. The Hall–Kier alpha value is -2.19. The Kier molecular flexibility index (Phi) is 5.60. The number of benzene rings is 1. The van der Waals surface area contributed by atoms with E-state index in [0.717, 1.165) is 5.56 Å². The number of hydrogen-bond donors (Lipinski definition) is 1. The van der Waals surface area contributed by atoms with Gasteiger partial charge in [-0.25, -0.2) is 4.68 Å². The summed E-state index contributed by atoms with van der Waals surface area (Å²) < 4.78 is 1.72. The Labute approximate surface area is 148 Å². The summed E-state index contributed by atoms with van der Waals surface area (Å²) >= 11 is 3.02. The van der Waals surface area contributed by atoms with Gasteiger partial charge in [-0.2, -0.15) is 0 Å². The molecule has 0 aliphatic rings. The molecule has 0 spiro atoms. The third-order valence-corrected chi connectivity index (χ3v) is 5.28. The second kappa shape index (κ2) is 8.07. The van der Waals surface area contributed by atoms with Gasteiger partial charge in [0.15, 0.2) is 0 Å². The lowest BCUT2D eigenvalue weighted by Crippen LogP contribution is -2.30. The van der Waals surface area contributed by atoms with Gasteiger partial charge in [-0.15, -0.1) is 16.4 Å². The Bertz CT molecular complexity index is 773. The standard InChI is InChI=1S/C16H17N5OS2/c1-12(15(22)17-10-13-6-3-2-4-7-13)24-16-18-19-20-21(16)11-14-8-5-9-23-14/h2-9,12H,10-11H2,1H3,(H,17,22)/t12-/m1/s1. The Balaban J connectivity index is 1.55. The quantitative estimate of drug-likeness (QED) is 0.657. The van der Waals surface area contributed by atoms with E-state index in [1.54, 1.807) is 16.0 Å². The maximum atomic E-state index is 12.3. The molecular weight excluding hydrogens is 342 g/mol. The van der Waals surface area contributed by atoms with Crippen LogP contribution in [0.25, 0.3) is 0 Å². The first-order chi connectivity index (χ1) is 11.7. The lowest BCUT2D eigenvalue weighted by molar-refractivity contribution is -0.120. The van der Waals surface area contributed by atoms with Gasteiger partial charge in [0.05, 0.1) is 11.8 Å². The van der Waals surface area contributed by atoms with E-state index >= 15 is 0 Å². The first-order valence-electron chi connectivity index (χ1n) is 7.49. The Morgan fingerprint density at radius 3 is 2.88 bits per heavy atom. The third kappa shape index (κ3) is 4.42. The smallest absolute Gasteiger partial charge is 0.233 e. The SMILES string of the molecule is C[C@@H](Sc1nnnn1Cc1cccs1)C(=O)NCc1ccccc1. The van der Waals surface area contributed by atoms with E-state index in [4.69, 9.17) is 0 Å². The molecule has 2 aromatic heterocycles. The maximum absolute atomic E-state index is 12.3. The van der Waals surface area contributed by atoms with Crippen LogP contribution >= 0.6 is 23.1 Å². The number of amides is 1. The number of thiophene rings is 1. The van der Waals surface area contributed by atoms with E-state index in [1.165, 1.54) is 16.6 Å². The van der Waals surface area contributed by atoms with Gasteiger partial charge in [0.25, 0.3) is 0 Å². The molecule has 2 heterocycles. The van der Waals surface area contributed by atoms with E-state index in [9.17, 15) is 4.79 Å². The summed E-state index contributed by atoms with van der Waals surface area (Å²) in [5, 5.41) is 17.1. The molecule has 1 atom stereocenters. The van der Waals surface area contributed by atoms with Crippen molar-refractivity contribution < 1.29 is 4.79 Å². The van der Waals surface area contributed by atoms with Crippen molar-refractivity contribution in [3.63, 3.8) is 0 Å². The molecule has 0 fully saturated rings. The maximum Gasteiger partial charge on any atom is 0.233 e. The van der Waals surface area contributed by atoms with Gasteiger partial charge in [0.1, 0.15) is 0 Å². The van der Waals surface area contributed by atoms with Gasteiger partial charge in [0.2, 0.25) is 11.1 Å². The first kappa shape index (κ1) is 16.7. The van der Waals surface area contributed by atoms with E-state index in [2.05, 4.69) is 20.8 Å². The number of hydrogen-bond acceptors (Lipinski definition) is 6. The largest absolute Gasteiger partial charge is 0.351 e. The average molecular weight is 359 g/mol. The zero-order valence-corrected chi connectivity index (χ0v) is 14.8. The first-order valence-corrected chi connectivity index (χ1v) is 9.25. The van der Waals surface area contributed by atoms with Crippen LogP contribution in [0.5, 0.6) is 0 Å². The highest BCUT2D eigenvalue weighted by Gasteiger charge is 2.18. The van der Waals surface area contributed by atoms with Crippen LogP contribution in [0.15, 0.2) is 53.0 Å². The highest BCUT2D eigenvalue weighted by atomic mass is 32.2. The van der Waals surface area contributed by atoms with Crippen LogP contribution in [-0.2, 0) is 17.9 Å². The number of rotatable bonds is 7. The van der Waals surface area contributed by atoms with Crippen LogP contribution in [0.4, 0.5) is 0 Å². The number of aromatic nitrogens is 4. The van der Waals surface area contributed by atoms with Crippen LogP contribution in [0, 0.1) is 0 Å². The molecule has 3 rings (SSSR count). The summed E-state index contributed by atoms with van der Waals surface area (Å²) in [6, 6.07) is 13.9. The van der Waals surface area contributed by atoms with Crippen LogP contribution in [0.1, 0.15) is 17.4 Å². The average Bonchev–Trinajstić information content (AvgIpc) is 3.26. The lowest BCUT2D eigenvalue weighted by atomic mass is 10.2. The minimum atomic E-state index is -0.276. The highest BCUT2D eigenvalue weighted by Crippen LogP contribution is 2.21. The van der Waals surface area contributed by atoms with Crippen molar-refractivity contribution in [1.82, 2.24) is 25.5 Å². The molecule has 124 valence electrons. The molecule has 1 N–H and O–H groups in total. The van der Waals surface area contributed by atoms with Crippen LogP contribution in [0.2, 0.25) is 0 Å². The summed E-state index contributed by atoms with van der Waals surface area (Å²) in [4.78, 5) is 13.4. The summed E-state index contributed by atoms with van der Waals surface area (Å²) in [7, 11) is 0.